The predicted molar refractivity (Wildman–Crippen MR) is 81.0 cm³/mol. The van der Waals surface area contributed by atoms with E-state index >= 15 is 0 Å². The van der Waals surface area contributed by atoms with E-state index in [1.165, 1.54) is 12.4 Å². The van der Waals surface area contributed by atoms with Gasteiger partial charge in [0.2, 0.25) is 10.0 Å². The molecule has 2 aromatic rings. The lowest BCUT2D eigenvalue weighted by Gasteiger charge is -2.03. The van der Waals surface area contributed by atoms with E-state index in [1.807, 2.05) is 0 Å². The number of aromatic amines is 1. The molecule has 2 heterocycles. The molecular formula is C12H17BrN4O3S. The van der Waals surface area contributed by atoms with Crippen LogP contribution < -0.4 is 10.0 Å². The minimum Gasteiger partial charge on any atom is -0.452 e. The van der Waals surface area contributed by atoms with Gasteiger partial charge in [-0.15, -0.1) is 0 Å². The first-order valence-corrected chi connectivity index (χ1v) is 8.76. The second-order valence-corrected chi connectivity index (χ2v) is 6.88. The second kappa shape index (κ2) is 7.21. The van der Waals surface area contributed by atoms with E-state index < -0.39 is 10.0 Å². The lowest BCUT2D eigenvalue weighted by molar-refractivity contribution is 0.461. The number of sulfonamides is 1. The summed E-state index contributed by atoms with van der Waals surface area (Å²) in [4.78, 5) is 6.76. The molecule has 116 valence electrons. The molecule has 2 aromatic heterocycles. The first-order valence-electron chi connectivity index (χ1n) is 6.48. The molecule has 0 radical (unpaired) electrons. The summed E-state index contributed by atoms with van der Waals surface area (Å²) in [7, 11) is -3.64. The number of nitrogens with zero attached hydrogens (tertiary/aromatic N) is 1. The van der Waals surface area contributed by atoms with Gasteiger partial charge in [-0.05, 0) is 28.9 Å². The lowest BCUT2D eigenvalue weighted by atomic mass is 10.4. The Hall–Kier alpha value is -1.16. The Kier molecular flexibility index (Phi) is 5.57. The van der Waals surface area contributed by atoms with Gasteiger partial charge in [0.25, 0.3) is 0 Å². The summed E-state index contributed by atoms with van der Waals surface area (Å²) in [5.74, 6) is 0.567. The Bertz CT molecular complexity index is 667. The van der Waals surface area contributed by atoms with Gasteiger partial charge in [-0.3, -0.25) is 0 Å². The molecule has 0 saturated heterocycles. The molecule has 0 aliphatic heterocycles. The van der Waals surface area contributed by atoms with E-state index in [4.69, 9.17) is 4.42 Å². The van der Waals surface area contributed by atoms with Crippen molar-refractivity contribution in [3.63, 3.8) is 0 Å². The maximum atomic E-state index is 12.2. The number of nitrogens with one attached hydrogen (secondary N) is 3. The number of furan rings is 1. The molecule has 0 fully saturated rings. The number of hydrogen-bond acceptors (Lipinski definition) is 5. The van der Waals surface area contributed by atoms with Crippen molar-refractivity contribution in [2.45, 2.75) is 31.3 Å². The fourth-order valence-corrected chi connectivity index (χ4v) is 3.69. The van der Waals surface area contributed by atoms with E-state index in [1.54, 1.807) is 6.20 Å². The van der Waals surface area contributed by atoms with Crippen LogP contribution in [0.1, 0.15) is 24.8 Å². The van der Waals surface area contributed by atoms with Gasteiger partial charge in [-0.2, -0.15) is 0 Å². The van der Waals surface area contributed by atoms with Crippen LogP contribution in [0.5, 0.6) is 0 Å². The van der Waals surface area contributed by atoms with E-state index in [2.05, 4.69) is 42.9 Å². The molecule has 21 heavy (non-hydrogen) atoms. The first-order chi connectivity index (χ1) is 10.0. The maximum absolute atomic E-state index is 12.2. The molecule has 0 bridgehead atoms. The minimum absolute atomic E-state index is 0.0929. The SMILES string of the molecule is CCCNCc1cc(S(=O)(=O)NCc2cnc[nH]2)c(Br)o1. The van der Waals surface area contributed by atoms with E-state index in [0.717, 1.165) is 13.0 Å². The molecule has 0 atom stereocenters. The van der Waals surface area contributed by atoms with Crippen molar-refractivity contribution < 1.29 is 12.8 Å². The van der Waals surface area contributed by atoms with E-state index in [9.17, 15) is 8.42 Å². The monoisotopic (exact) mass is 376 g/mol. The van der Waals surface area contributed by atoms with Gasteiger partial charge in [0, 0.05) is 18.0 Å². The number of hydrogen-bond donors (Lipinski definition) is 3. The number of halogens is 1. The molecule has 0 saturated carbocycles. The third-order valence-electron chi connectivity index (χ3n) is 2.73. The molecule has 2 rings (SSSR count). The standard InChI is InChI=1S/C12H17BrN4O3S/c1-2-3-14-7-10-4-11(12(13)20-10)21(18,19)17-6-9-5-15-8-16-9/h4-5,8,14,17H,2-3,6-7H2,1H3,(H,15,16). The maximum Gasteiger partial charge on any atom is 0.245 e. The average molecular weight is 377 g/mol. The summed E-state index contributed by atoms with van der Waals surface area (Å²) < 4.78 is 32.6. The number of rotatable bonds is 8. The molecular weight excluding hydrogens is 360 g/mol. The highest BCUT2D eigenvalue weighted by Gasteiger charge is 2.22. The van der Waals surface area contributed by atoms with Crippen molar-refractivity contribution in [1.29, 1.82) is 0 Å². The van der Waals surface area contributed by atoms with Crippen LogP contribution in [-0.4, -0.2) is 24.9 Å². The molecule has 0 amide bonds. The summed E-state index contributed by atoms with van der Waals surface area (Å²) in [6.45, 7) is 3.53. The molecule has 0 spiro atoms. The molecule has 3 N–H and O–H groups in total. The van der Waals surface area contributed by atoms with Crippen LogP contribution in [0.25, 0.3) is 0 Å². The zero-order valence-corrected chi connectivity index (χ0v) is 13.9. The Balaban J connectivity index is 2.05. The van der Waals surface area contributed by atoms with Gasteiger partial charge in [-0.25, -0.2) is 18.1 Å². The normalized spacial score (nSPS) is 11.9. The molecule has 0 unspecified atom stereocenters. The van der Waals surface area contributed by atoms with Crippen LogP contribution >= 0.6 is 15.9 Å². The fraction of sp³-hybridized carbons (Fsp3) is 0.417. The number of H-pyrrole nitrogens is 1. The van der Waals surface area contributed by atoms with Crippen molar-refractivity contribution in [2.24, 2.45) is 0 Å². The Morgan fingerprint density at radius 1 is 1.43 bits per heavy atom. The van der Waals surface area contributed by atoms with Crippen LogP contribution in [0, 0.1) is 0 Å². The molecule has 9 heteroatoms. The summed E-state index contributed by atoms with van der Waals surface area (Å²) in [6.07, 6.45) is 4.06. The van der Waals surface area contributed by atoms with Gasteiger partial charge >= 0.3 is 0 Å². The second-order valence-electron chi connectivity index (χ2n) is 4.43. The Labute approximate surface area is 131 Å². The van der Waals surface area contributed by atoms with Gasteiger partial charge in [0.15, 0.2) is 4.67 Å². The van der Waals surface area contributed by atoms with Crippen molar-refractivity contribution in [1.82, 2.24) is 20.0 Å². The zero-order valence-electron chi connectivity index (χ0n) is 11.5. The largest absolute Gasteiger partial charge is 0.452 e. The lowest BCUT2D eigenvalue weighted by Crippen LogP contribution is -2.23. The van der Waals surface area contributed by atoms with Crippen LogP contribution in [0.4, 0.5) is 0 Å². The van der Waals surface area contributed by atoms with Crippen LogP contribution in [0.15, 0.2) is 32.6 Å². The van der Waals surface area contributed by atoms with Gasteiger partial charge in [0.05, 0.1) is 19.4 Å². The van der Waals surface area contributed by atoms with Gasteiger partial charge in [0.1, 0.15) is 10.7 Å². The predicted octanol–water partition coefficient (Wildman–Crippen LogP) is 1.74. The third-order valence-corrected chi connectivity index (χ3v) is 4.99. The quantitative estimate of drug-likeness (QED) is 0.609. The first kappa shape index (κ1) is 16.2. The van der Waals surface area contributed by atoms with Crippen molar-refractivity contribution >= 4 is 26.0 Å². The summed E-state index contributed by atoms with van der Waals surface area (Å²) in [5, 5.41) is 3.15. The highest BCUT2D eigenvalue weighted by molar-refractivity contribution is 9.10. The highest BCUT2D eigenvalue weighted by Crippen LogP contribution is 2.26. The van der Waals surface area contributed by atoms with Gasteiger partial charge in [-0.1, -0.05) is 6.92 Å². The van der Waals surface area contributed by atoms with E-state index in [0.29, 0.717) is 18.0 Å². The number of aromatic nitrogens is 2. The van der Waals surface area contributed by atoms with Crippen LogP contribution in [-0.2, 0) is 23.1 Å². The highest BCUT2D eigenvalue weighted by atomic mass is 79.9. The number of imidazole rings is 1. The smallest absolute Gasteiger partial charge is 0.245 e. The molecule has 0 aliphatic rings. The summed E-state index contributed by atoms with van der Waals surface area (Å²) in [6, 6.07) is 1.52. The average Bonchev–Trinajstić information content (AvgIpc) is 3.07. The van der Waals surface area contributed by atoms with Crippen LogP contribution in [0.3, 0.4) is 0 Å². The summed E-state index contributed by atoms with van der Waals surface area (Å²) >= 11 is 3.15. The zero-order chi connectivity index (χ0) is 15.3. The van der Waals surface area contributed by atoms with Crippen molar-refractivity contribution in [3.05, 3.63) is 34.7 Å². The topological polar surface area (TPSA) is 100 Å². The molecule has 0 aliphatic carbocycles. The fourth-order valence-electron chi connectivity index (χ4n) is 1.69. The van der Waals surface area contributed by atoms with Gasteiger partial charge < -0.3 is 14.7 Å². The molecule has 7 nitrogen and oxygen atoms in total. The Morgan fingerprint density at radius 2 is 2.24 bits per heavy atom. The molecule has 0 aromatic carbocycles. The minimum atomic E-state index is -3.64. The Morgan fingerprint density at radius 3 is 2.90 bits per heavy atom. The van der Waals surface area contributed by atoms with Crippen LogP contribution in [0.2, 0.25) is 0 Å². The van der Waals surface area contributed by atoms with Crippen molar-refractivity contribution in [3.8, 4) is 0 Å². The van der Waals surface area contributed by atoms with E-state index in [-0.39, 0.29) is 16.1 Å². The summed E-state index contributed by atoms with van der Waals surface area (Å²) in [5.41, 5.74) is 0.683. The third kappa shape index (κ3) is 4.40. The van der Waals surface area contributed by atoms with Crippen molar-refractivity contribution in [2.75, 3.05) is 6.54 Å².